The molecule has 2 N–H and O–H groups in total. The minimum Gasteiger partial charge on any atom is -0.744 e. The molecule has 0 spiro atoms. The molecular formula is C12H9ClNO4S-. The molecule has 2 aromatic rings. The summed E-state index contributed by atoms with van der Waals surface area (Å²) in [5.74, 6) is 0.135. The summed E-state index contributed by atoms with van der Waals surface area (Å²) in [4.78, 5) is -0.521. The summed E-state index contributed by atoms with van der Waals surface area (Å²) in [6.45, 7) is 0. The Kier molecular flexibility index (Phi) is 3.66. The van der Waals surface area contributed by atoms with Gasteiger partial charge in [0.15, 0.2) is 0 Å². The Hall–Kier alpha value is -1.76. The van der Waals surface area contributed by atoms with Gasteiger partial charge in [-0.2, -0.15) is 0 Å². The number of anilines is 1. The predicted octanol–water partition coefficient (Wildman–Crippen LogP) is 2.62. The topological polar surface area (TPSA) is 92.5 Å². The largest absolute Gasteiger partial charge is 0.744 e. The lowest BCUT2D eigenvalue weighted by atomic mass is 10.3. The molecule has 0 heterocycles. The molecule has 0 saturated heterocycles. The zero-order valence-corrected chi connectivity index (χ0v) is 11.1. The van der Waals surface area contributed by atoms with Crippen LogP contribution in [0.2, 0.25) is 5.02 Å². The average Bonchev–Trinajstić information content (AvgIpc) is 2.33. The number of hydrogen-bond acceptors (Lipinski definition) is 5. The van der Waals surface area contributed by atoms with Gasteiger partial charge in [-0.1, -0.05) is 23.7 Å². The van der Waals surface area contributed by atoms with Gasteiger partial charge in [0.05, 0.1) is 9.92 Å². The number of rotatable bonds is 3. The Bertz CT molecular complexity index is 715. The van der Waals surface area contributed by atoms with E-state index in [2.05, 4.69) is 0 Å². The smallest absolute Gasteiger partial charge is 0.146 e. The van der Waals surface area contributed by atoms with Crippen molar-refractivity contribution >= 4 is 27.4 Å². The van der Waals surface area contributed by atoms with E-state index in [1.807, 2.05) is 0 Å². The molecule has 0 fully saturated rings. The first kappa shape index (κ1) is 13.7. The number of nitrogens with two attached hydrogens (primary N) is 1. The van der Waals surface area contributed by atoms with Crippen LogP contribution in [0.1, 0.15) is 0 Å². The number of ether oxygens (including phenoxy) is 1. The monoisotopic (exact) mass is 298 g/mol. The van der Waals surface area contributed by atoms with Gasteiger partial charge in [-0.05, 0) is 30.3 Å². The van der Waals surface area contributed by atoms with E-state index in [0.717, 1.165) is 6.07 Å². The Morgan fingerprint density at radius 1 is 1.11 bits per heavy atom. The van der Waals surface area contributed by atoms with E-state index in [4.69, 9.17) is 22.1 Å². The lowest BCUT2D eigenvalue weighted by Gasteiger charge is -2.15. The van der Waals surface area contributed by atoms with Crippen molar-refractivity contribution in [1.29, 1.82) is 0 Å². The van der Waals surface area contributed by atoms with Gasteiger partial charge in [0.25, 0.3) is 0 Å². The third kappa shape index (κ3) is 3.17. The van der Waals surface area contributed by atoms with Gasteiger partial charge in [-0.15, -0.1) is 0 Å². The fraction of sp³-hybridized carbons (Fsp3) is 0. The SMILES string of the molecule is Nc1ccc(Oc2ccccc2Cl)c(S(=O)(=O)[O-])c1. The predicted molar refractivity (Wildman–Crippen MR) is 70.3 cm³/mol. The molecule has 0 aliphatic carbocycles. The van der Waals surface area contributed by atoms with Crippen molar-refractivity contribution in [1.82, 2.24) is 0 Å². The zero-order valence-electron chi connectivity index (χ0n) is 9.54. The van der Waals surface area contributed by atoms with Crippen molar-refractivity contribution in [3.63, 3.8) is 0 Å². The lowest BCUT2D eigenvalue weighted by molar-refractivity contribution is 0.441. The highest BCUT2D eigenvalue weighted by molar-refractivity contribution is 7.85. The Balaban J connectivity index is 2.50. The Labute approximate surface area is 115 Å². The van der Waals surface area contributed by atoms with E-state index in [1.165, 1.54) is 12.1 Å². The fourth-order valence-corrected chi connectivity index (χ4v) is 2.26. The van der Waals surface area contributed by atoms with Gasteiger partial charge in [-0.3, -0.25) is 0 Å². The maximum absolute atomic E-state index is 11.2. The van der Waals surface area contributed by atoms with Gasteiger partial charge in [-0.25, -0.2) is 8.42 Å². The second-order valence-electron chi connectivity index (χ2n) is 3.69. The molecule has 5 nitrogen and oxygen atoms in total. The molecule has 19 heavy (non-hydrogen) atoms. The molecule has 7 heteroatoms. The van der Waals surface area contributed by atoms with Gasteiger partial charge in [0.2, 0.25) is 0 Å². The van der Waals surface area contributed by atoms with Crippen LogP contribution in [0.4, 0.5) is 5.69 Å². The van der Waals surface area contributed by atoms with Crippen LogP contribution in [-0.2, 0) is 10.1 Å². The molecule has 0 radical (unpaired) electrons. The highest BCUT2D eigenvalue weighted by Gasteiger charge is 2.13. The molecule has 0 aliphatic heterocycles. The third-order valence-electron chi connectivity index (χ3n) is 2.29. The standard InChI is InChI=1S/C12H10ClNO4S/c13-9-3-1-2-4-10(9)18-11-6-5-8(14)7-12(11)19(15,16)17/h1-7H,14H2,(H,15,16,17)/p-1. The summed E-state index contributed by atoms with van der Waals surface area (Å²) in [5.41, 5.74) is 5.62. The molecule has 0 saturated carbocycles. The number of hydrogen-bond donors (Lipinski definition) is 1. The van der Waals surface area contributed by atoms with Crippen molar-refractivity contribution in [2.24, 2.45) is 0 Å². The molecule has 0 aliphatic rings. The zero-order chi connectivity index (χ0) is 14.0. The molecule has 0 bridgehead atoms. The highest BCUT2D eigenvalue weighted by Crippen LogP contribution is 2.33. The Morgan fingerprint density at radius 2 is 1.79 bits per heavy atom. The number of nitrogen functional groups attached to an aromatic ring is 1. The van der Waals surface area contributed by atoms with Crippen molar-refractivity contribution in [2.45, 2.75) is 4.90 Å². The maximum Gasteiger partial charge on any atom is 0.146 e. The van der Waals surface area contributed by atoms with Crippen LogP contribution in [0.15, 0.2) is 47.4 Å². The van der Waals surface area contributed by atoms with Crippen LogP contribution in [0.25, 0.3) is 0 Å². The second-order valence-corrected chi connectivity index (χ2v) is 5.45. The highest BCUT2D eigenvalue weighted by atomic mass is 35.5. The Morgan fingerprint density at radius 3 is 2.42 bits per heavy atom. The first-order valence-corrected chi connectivity index (χ1v) is 6.94. The van der Waals surface area contributed by atoms with E-state index in [1.54, 1.807) is 24.3 Å². The van der Waals surface area contributed by atoms with E-state index < -0.39 is 15.0 Å². The summed E-state index contributed by atoms with van der Waals surface area (Å²) in [6, 6.07) is 10.3. The fourth-order valence-electron chi connectivity index (χ4n) is 1.45. The van der Waals surface area contributed by atoms with Crippen LogP contribution in [-0.4, -0.2) is 13.0 Å². The van der Waals surface area contributed by atoms with Crippen LogP contribution in [0.3, 0.4) is 0 Å². The normalized spacial score (nSPS) is 11.3. The summed E-state index contributed by atoms with van der Waals surface area (Å²) in [7, 11) is -4.69. The van der Waals surface area contributed by atoms with Crippen molar-refractivity contribution in [3.05, 3.63) is 47.5 Å². The molecular weight excluding hydrogens is 290 g/mol. The lowest BCUT2D eigenvalue weighted by Crippen LogP contribution is -2.03. The molecule has 0 atom stereocenters. The van der Waals surface area contributed by atoms with E-state index in [-0.39, 0.29) is 17.2 Å². The molecule has 100 valence electrons. The molecule has 2 rings (SSSR count). The maximum atomic E-state index is 11.2. The summed E-state index contributed by atoms with van der Waals surface area (Å²) >= 11 is 5.89. The van der Waals surface area contributed by atoms with Gasteiger partial charge >= 0.3 is 0 Å². The van der Waals surface area contributed by atoms with Crippen molar-refractivity contribution in [3.8, 4) is 11.5 Å². The average molecular weight is 299 g/mol. The molecule has 0 aromatic heterocycles. The minimum atomic E-state index is -4.69. The minimum absolute atomic E-state index is 0.114. The van der Waals surface area contributed by atoms with Crippen molar-refractivity contribution in [2.75, 3.05) is 5.73 Å². The molecule has 2 aromatic carbocycles. The first-order chi connectivity index (χ1) is 8.88. The van der Waals surface area contributed by atoms with Crippen molar-refractivity contribution < 1.29 is 17.7 Å². The van der Waals surface area contributed by atoms with Crippen LogP contribution < -0.4 is 10.5 Å². The molecule has 0 amide bonds. The summed E-state index contributed by atoms with van der Waals surface area (Å²) in [6.07, 6.45) is 0. The first-order valence-electron chi connectivity index (χ1n) is 5.16. The number of para-hydroxylation sites is 1. The third-order valence-corrected chi connectivity index (χ3v) is 3.46. The van der Waals surface area contributed by atoms with Crippen LogP contribution in [0.5, 0.6) is 11.5 Å². The number of benzene rings is 2. The van der Waals surface area contributed by atoms with E-state index in [9.17, 15) is 13.0 Å². The van der Waals surface area contributed by atoms with Gasteiger partial charge in [0, 0.05) is 5.69 Å². The van der Waals surface area contributed by atoms with Crippen LogP contribution in [0, 0.1) is 0 Å². The summed E-state index contributed by atoms with van der Waals surface area (Å²) < 4.78 is 38.8. The summed E-state index contributed by atoms with van der Waals surface area (Å²) in [5, 5.41) is 0.300. The molecule has 0 unspecified atom stereocenters. The van der Waals surface area contributed by atoms with E-state index >= 15 is 0 Å². The van der Waals surface area contributed by atoms with Crippen LogP contribution >= 0.6 is 11.6 Å². The van der Waals surface area contributed by atoms with E-state index in [0.29, 0.717) is 5.02 Å². The quantitative estimate of drug-likeness (QED) is 0.694. The van der Waals surface area contributed by atoms with Gasteiger partial charge in [0.1, 0.15) is 21.6 Å². The number of halogens is 1. The second kappa shape index (κ2) is 5.08. The van der Waals surface area contributed by atoms with Gasteiger partial charge < -0.3 is 15.0 Å².